The lowest BCUT2D eigenvalue weighted by molar-refractivity contribution is 0.607. The van der Waals surface area contributed by atoms with Gasteiger partial charge >= 0.3 is 0 Å². The smallest absolute Gasteiger partial charge is 0.192 e. The molecular formula is C16H23FN6. The van der Waals surface area contributed by atoms with Crippen LogP contribution in [-0.2, 0) is 13.6 Å². The molecule has 0 amide bonds. The molecule has 1 unspecified atom stereocenters. The summed E-state index contributed by atoms with van der Waals surface area (Å²) in [7, 11) is 1.83. The van der Waals surface area contributed by atoms with Gasteiger partial charge in [-0.2, -0.15) is 5.10 Å². The highest BCUT2D eigenvalue weighted by atomic mass is 19.1. The van der Waals surface area contributed by atoms with Crippen molar-refractivity contribution in [1.82, 2.24) is 25.4 Å². The molecule has 2 aromatic rings. The van der Waals surface area contributed by atoms with Crippen molar-refractivity contribution in [1.29, 1.82) is 0 Å². The van der Waals surface area contributed by atoms with Gasteiger partial charge in [-0.15, -0.1) is 0 Å². The first-order valence-electron chi connectivity index (χ1n) is 7.65. The number of hydrogen-bond acceptors (Lipinski definition) is 3. The minimum Gasteiger partial charge on any atom is -0.357 e. The maximum Gasteiger partial charge on any atom is 0.192 e. The quantitative estimate of drug-likeness (QED) is 0.654. The maximum absolute atomic E-state index is 13.7. The van der Waals surface area contributed by atoms with Crippen LogP contribution in [0.1, 0.15) is 36.8 Å². The molecule has 0 radical (unpaired) electrons. The molecule has 0 saturated carbocycles. The monoisotopic (exact) mass is 318 g/mol. The van der Waals surface area contributed by atoms with Crippen LogP contribution in [0.5, 0.6) is 0 Å². The first kappa shape index (κ1) is 16.9. The van der Waals surface area contributed by atoms with Gasteiger partial charge in [0.1, 0.15) is 24.5 Å². The number of nitrogens with one attached hydrogen (secondary N) is 2. The Bertz CT molecular complexity index is 679. The number of rotatable bonds is 5. The third-order valence-electron chi connectivity index (χ3n) is 3.58. The lowest BCUT2D eigenvalue weighted by atomic mass is 10.1. The summed E-state index contributed by atoms with van der Waals surface area (Å²) >= 11 is 0. The summed E-state index contributed by atoms with van der Waals surface area (Å²) in [6.45, 7) is 6.87. The molecule has 6 nitrogen and oxygen atoms in total. The lowest BCUT2D eigenvalue weighted by Crippen LogP contribution is -2.38. The van der Waals surface area contributed by atoms with Crippen LogP contribution in [0.3, 0.4) is 0 Å². The fourth-order valence-corrected chi connectivity index (χ4v) is 2.10. The van der Waals surface area contributed by atoms with Crippen LogP contribution in [0.15, 0.2) is 29.5 Å². The van der Waals surface area contributed by atoms with E-state index in [0.29, 0.717) is 18.1 Å². The molecule has 0 fully saturated rings. The molecule has 124 valence electrons. The Morgan fingerprint density at radius 2 is 2.22 bits per heavy atom. The Kier molecular flexibility index (Phi) is 5.67. The average Bonchev–Trinajstić information content (AvgIpc) is 2.93. The zero-order valence-electron chi connectivity index (χ0n) is 14.0. The van der Waals surface area contributed by atoms with E-state index >= 15 is 0 Å². The summed E-state index contributed by atoms with van der Waals surface area (Å²) < 4.78 is 15.4. The molecule has 2 N–H and O–H groups in total. The molecule has 2 rings (SSSR count). The predicted octanol–water partition coefficient (Wildman–Crippen LogP) is 2.08. The molecule has 0 bridgehead atoms. The van der Waals surface area contributed by atoms with Crippen LogP contribution in [-0.4, -0.2) is 27.3 Å². The van der Waals surface area contributed by atoms with E-state index in [1.54, 1.807) is 23.7 Å². The Morgan fingerprint density at radius 3 is 2.83 bits per heavy atom. The number of aryl methyl sites for hydroxylation is 2. The van der Waals surface area contributed by atoms with Gasteiger partial charge in [-0.05, 0) is 38.0 Å². The Hall–Kier alpha value is -2.44. The first-order chi connectivity index (χ1) is 11.0. The van der Waals surface area contributed by atoms with Gasteiger partial charge in [0.25, 0.3) is 0 Å². The van der Waals surface area contributed by atoms with E-state index in [2.05, 4.69) is 25.7 Å². The van der Waals surface area contributed by atoms with Crippen molar-refractivity contribution in [2.24, 2.45) is 12.0 Å². The fraction of sp³-hybridized carbons (Fsp3) is 0.438. The normalized spacial score (nSPS) is 13.0. The Morgan fingerprint density at radius 1 is 1.43 bits per heavy atom. The van der Waals surface area contributed by atoms with Crippen LogP contribution in [0.4, 0.5) is 4.39 Å². The zero-order valence-corrected chi connectivity index (χ0v) is 14.0. The first-order valence-corrected chi connectivity index (χ1v) is 7.65. The highest BCUT2D eigenvalue weighted by Gasteiger charge is 2.10. The SMILES string of the molecule is CCNC(=NCc1ncnn1C)NC(C)c1ccc(C)c(F)c1. The van der Waals surface area contributed by atoms with E-state index in [0.717, 1.165) is 17.9 Å². The molecule has 1 atom stereocenters. The molecule has 0 aliphatic carbocycles. The standard InChI is InChI=1S/C16H23FN6/c1-5-18-16(19-9-15-20-10-21-23(15)4)22-12(3)13-7-6-11(2)14(17)8-13/h6-8,10,12H,5,9H2,1-4H3,(H2,18,19,22). The number of hydrogen-bond donors (Lipinski definition) is 2. The van der Waals surface area contributed by atoms with E-state index in [-0.39, 0.29) is 11.9 Å². The van der Waals surface area contributed by atoms with Gasteiger partial charge in [0, 0.05) is 13.6 Å². The predicted molar refractivity (Wildman–Crippen MR) is 88.5 cm³/mol. The van der Waals surface area contributed by atoms with Crippen molar-refractivity contribution in [3.8, 4) is 0 Å². The Balaban J connectivity index is 2.08. The summed E-state index contributed by atoms with van der Waals surface area (Å²) in [4.78, 5) is 8.65. The van der Waals surface area contributed by atoms with E-state index in [9.17, 15) is 4.39 Å². The van der Waals surface area contributed by atoms with Gasteiger partial charge < -0.3 is 10.6 Å². The largest absolute Gasteiger partial charge is 0.357 e. The van der Waals surface area contributed by atoms with Crippen molar-refractivity contribution < 1.29 is 4.39 Å². The van der Waals surface area contributed by atoms with E-state index in [4.69, 9.17) is 0 Å². The number of halogens is 1. The molecule has 0 spiro atoms. The Labute approximate surface area is 135 Å². The third kappa shape index (κ3) is 4.51. The number of aromatic nitrogens is 3. The highest BCUT2D eigenvalue weighted by Crippen LogP contribution is 2.16. The molecule has 0 aliphatic rings. The van der Waals surface area contributed by atoms with Crippen molar-refractivity contribution in [3.63, 3.8) is 0 Å². The van der Waals surface area contributed by atoms with E-state index in [1.807, 2.05) is 27.0 Å². The summed E-state index contributed by atoms with van der Waals surface area (Å²) in [6, 6.07) is 5.19. The minimum atomic E-state index is -0.197. The number of guanidine groups is 1. The summed E-state index contributed by atoms with van der Waals surface area (Å²) in [5, 5.41) is 10.5. The van der Waals surface area contributed by atoms with E-state index < -0.39 is 0 Å². The van der Waals surface area contributed by atoms with E-state index in [1.165, 1.54) is 6.33 Å². The third-order valence-corrected chi connectivity index (χ3v) is 3.58. The molecule has 0 saturated heterocycles. The van der Waals surface area contributed by atoms with Crippen molar-refractivity contribution >= 4 is 5.96 Å². The van der Waals surface area contributed by atoms with Crippen LogP contribution < -0.4 is 10.6 Å². The van der Waals surface area contributed by atoms with Gasteiger partial charge in [0.2, 0.25) is 0 Å². The summed E-state index contributed by atoms with van der Waals surface area (Å²) in [5.74, 6) is 1.23. The van der Waals surface area contributed by atoms with Crippen molar-refractivity contribution in [3.05, 3.63) is 47.3 Å². The molecule has 7 heteroatoms. The summed E-state index contributed by atoms with van der Waals surface area (Å²) in [6.07, 6.45) is 1.50. The number of aliphatic imine (C=N–C) groups is 1. The highest BCUT2D eigenvalue weighted by molar-refractivity contribution is 5.80. The second-order valence-corrected chi connectivity index (χ2v) is 5.37. The number of benzene rings is 1. The van der Waals surface area contributed by atoms with Crippen LogP contribution in [0.25, 0.3) is 0 Å². The average molecular weight is 318 g/mol. The lowest BCUT2D eigenvalue weighted by Gasteiger charge is -2.18. The molecule has 1 heterocycles. The van der Waals surface area contributed by atoms with Gasteiger partial charge in [0.05, 0.1) is 6.04 Å². The van der Waals surface area contributed by atoms with Crippen LogP contribution >= 0.6 is 0 Å². The zero-order chi connectivity index (χ0) is 16.8. The molecule has 23 heavy (non-hydrogen) atoms. The van der Waals surface area contributed by atoms with Gasteiger partial charge in [-0.1, -0.05) is 12.1 Å². The minimum absolute atomic E-state index is 0.0672. The molecular weight excluding hydrogens is 295 g/mol. The van der Waals surface area contributed by atoms with Crippen molar-refractivity contribution in [2.45, 2.75) is 33.4 Å². The molecule has 1 aromatic heterocycles. The van der Waals surface area contributed by atoms with Crippen LogP contribution in [0, 0.1) is 12.7 Å². The number of nitrogens with zero attached hydrogens (tertiary/aromatic N) is 4. The van der Waals surface area contributed by atoms with Crippen molar-refractivity contribution in [2.75, 3.05) is 6.54 Å². The second kappa shape index (κ2) is 7.71. The summed E-state index contributed by atoms with van der Waals surface area (Å²) in [5.41, 5.74) is 1.51. The van der Waals surface area contributed by atoms with Gasteiger partial charge in [-0.25, -0.2) is 14.4 Å². The van der Waals surface area contributed by atoms with Crippen LogP contribution in [0.2, 0.25) is 0 Å². The van der Waals surface area contributed by atoms with Gasteiger partial charge in [0.15, 0.2) is 5.96 Å². The molecule has 0 aliphatic heterocycles. The van der Waals surface area contributed by atoms with Gasteiger partial charge in [-0.3, -0.25) is 4.68 Å². The maximum atomic E-state index is 13.7. The molecule has 1 aromatic carbocycles. The second-order valence-electron chi connectivity index (χ2n) is 5.37. The topological polar surface area (TPSA) is 67.1 Å². The fourth-order valence-electron chi connectivity index (χ4n) is 2.10.